The number of rotatable bonds is 3. The number of hydrogen-bond acceptors (Lipinski definition) is 5. The quantitative estimate of drug-likeness (QED) is 0.385. The number of ether oxygens (including phenoxy) is 1. The highest BCUT2D eigenvalue weighted by Gasteiger charge is 2.70. The average molecular weight is 525 g/mol. The maximum atomic E-state index is 14.3. The molecule has 4 fully saturated rings. The molecular weight excluding hydrogens is 476 g/mol. The maximum absolute atomic E-state index is 14.3. The molecule has 0 saturated heterocycles. The second-order valence-corrected chi connectivity index (χ2v) is 15.6. The highest BCUT2D eigenvalue weighted by Crippen LogP contribution is 2.74. The van der Waals surface area contributed by atoms with Crippen molar-refractivity contribution in [2.45, 2.75) is 113 Å². The lowest BCUT2D eigenvalue weighted by molar-refractivity contribution is -0.187. The van der Waals surface area contributed by atoms with Gasteiger partial charge in [-0.25, -0.2) is 0 Å². The minimum atomic E-state index is -0.559. The topological polar surface area (TPSA) is 77.5 Å². The summed E-state index contributed by atoms with van der Waals surface area (Å²) < 4.78 is 5.12. The Kier molecular flexibility index (Phi) is 6.11. The molecular formula is C33H48O5. The molecule has 210 valence electrons. The van der Waals surface area contributed by atoms with Crippen molar-refractivity contribution in [1.29, 1.82) is 0 Å². The summed E-state index contributed by atoms with van der Waals surface area (Å²) in [6, 6.07) is 0. The van der Waals surface area contributed by atoms with Gasteiger partial charge in [0, 0.05) is 30.1 Å². The molecule has 38 heavy (non-hydrogen) atoms. The minimum Gasteiger partial charge on any atom is -0.458 e. The molecule has 5 aliphatic carbocycles. The molecule has 0 amide bonds. The van der Waals surface area contributed by atoms with Crippen LogP contribution in [0.25, 0.3) is 0 Å². The lowest BCUT2D eigenvalue weighted by atomic mass is 9.33. The SMILES string of the molecule is CC(=O)OCC(=O)[C@@]1(C)CC[C@@]2(C)CC[C@]3(C)C(=CC(=O)[C@H]4[C@@]5(C)CCC(=O)C(C)(C)[C@@H]5CC[C@@]43C)[C@@H]2C1. The van der Waals surface area contributed by atoms with Crippen LogP contribution in [0.15, 0.2) is 11.6 Å². The summed E-state index contributed by atoms with van der Waals surface area (Å²) in [5.41, 5.74) is -0.0894. The first-order valence-corrected chi connectivity index (χ1v) is 14.9. The van der Waals surface area contributed by atoms with Gasteiger partial charge in [0.1, 0.15) is 5.78 Å². The number of ketones is 3. The van der Waals surface area contributed by atoms with E-state index < -0.39 is 16.8 Å². The van der Waals surface area contributed by atoms with Gasteiger partial charge in [-0.3, -0.25) is 19.2 Å². The van der Waals surface area contributed by atoms with Gasteiger partial charge in [0.15, 0.2) is 18.2 Å². The van der Waals surface area contributed by atoms with Crippen LogP contribution in [0, 0.1) is 50.2 Å². The molecule has 0 unspecified atom stereocenters. The molecule has 0 bridgehead atoms. The van der Waals surface area contributed by atoms with Crippen LogP contribution in [0.5, 0.6) is 0 Å². The highest BCUT2D eigenvalue weighted by molar-refractivity contribution is 5.96. The van der Waals surface area contributed by atoms with Crippen molar-refractivity contribution in [1.82, 2.24) is 0 Å². The zero-order chi connectivity index (χ0) is 28.1. The Morgan fingerprint density at radius 3 is 2.24 bits per heavy atom. The molecule has 0 aliphatic heterocycles. The molecule has 8 atom stereocenters. The van der Waals surface area contributed by atoms with Gasteiger partial charge in [0.2, 0.25) is 0 Å². The first-order valence-electron chi connectivity index (χ1n) is 14.9. The largest absolute Gasteiger partial charge is 0.458 e. The number of hydrogen-bond donors (Lipinski definition) is 0. The van der Waals surface area contributed by atoms with E-state index in [2.05, 4.69) is 41.5 Å². The van der Waals surface area contributed by atoms with Gasteiger partial charge in [0.25, 0.3) is 0 Å². The summed E-state index contributed by atoms with van der Waals surface area (Å²) in [6.45, 7) is 16.9. The normalized spacial score (nSPS) is 47.6. The van der Waals surface area contributed by atoms with Crippen molar-refractivity contribution in [2.24, 2.45) is 50.2 Å². The summed E-state index contributed by atoms with van der Waals surface area (Å²) in [6.07, 6.45) is 9.94. The molecule has 5 aliphatic rings. The molecule has 0 N–H and O–H groups in total. The van der Waals surface area contributed by atoms with E-state index in [1.807, 2.05) is 13.0 Å². The molecule has 0 aromatic heterocycles. The van der Waals surface area contributed by atoms with E-state index in [1.165, 1.54) is 12.5 Å². The van der Waals surface area contributed by atoms with Crippen LogP contribution in [0.3, 0.4) is 0 Å². The Morgan fingerprint density at radius 2 is 1.58 bits per heavy atom. The number of esters is 1. The zero-order valence-electron chi connectivity index (χ0n) is 24.9. The Labute approximate surface area is 228 Å². The fourth-order valence-corrected chi connectivity index (χ4v) is 10.6. The second kappa shape index (κ2) is 8.36. The summed E-state index contributed by atoms with van der Waals surface area (Å²) in [4.78, 5) is 52.0. The van der Waals surface area contributed by atoms with Gasteiger partial charge in [0.05, 0.1) is 0 Å². The zero-order valence-corrected chi connectivity index (χ0v) is 24.9. The van der Waals surface area contributed by atoms with Crippen LogP contribution in [0.4, 0.5) is 0 Å². The maximum Gasteiger partial charge on any atom is 0.303 e. The molecule has 5 rings (SSSR count). The summed E-state index contributed by atoms with van der Waals surface area (Å²) in [5, 5.41) is 0. The second-order valence-electron chi connectivity index (χ2n) is 15.6. The molecule has 4 saturated carbocycles. The van der Waals surface area contributed by atoms with E-state index in [4.69, 9.17) is 4.74 Å². The molecule has 5 nitrogen and oxygen atoms in total. The van der Waals surface area contributed by atoms with Gasteiger partial charge >= 0.3 is 5.97 Å². The summed E-state index contributed by atoms with van der Waals surface area (Å²) in [7, 11) is 0. The third-order valence-electron chi connectivity index (χ3n) is 13.4. The third-order valence-corrected chi connectivity index (χ3v) is 13.4. The van der Waals surface area contributed by atoms with E-state index >= 15 is 0 Å². The van der Waals surface area contributed by atoms with Crippen molar-refractivity contribution in [3.05, 3.63) is 11.6 Å². The lowest BCUT2D eigenvalue weighted by Gasteiger charge is -2.70. The van der Waals surface area contributed by atoms with Gasteiger partial charge in [-0.1, -0.05) is 54.0 Å². The van der Waals surface area contributed by atoms with Gasteiger partial charge in [-0.15, -0.1) is 0 Å². The monoisotopic (exact) mass is 524 g/mol. The van der Waals surface area contributed by atoms with Crippen LogP contribution in [0.2, 0.25) is 0 Å². The number of carbonyl (C=O) groups is 4. The van der Waals surface area contributed by atoms with Crippen molar-refractivity contribution >= 4 is 23.3 Å². The van der Waals surface area contributed by atoms with Crippen molar-refractivity contribution in [3.8, 4) is 0 Å². The number of Topliss-reactive ketones (excluding diaryl/α,β-unsaturated/α-hetero) is 2. The number of fused-ring (bicyclic) bond motifs is 7. The van der Waals surface area contributed by atoms with Gasteiger partial charge in [-0.05, 0) is 90.9 Å². The smallest absolute Gasteiger partial charge is 0.303 e. The number of allylic oxidation sites excluding steroid dienone is 2. The average Bonchev–Trinajstić information content (AvgIpc) is 2.82. The molecule has 0 radical (unpaired) electrons. The third kappa shape index (κ3) is 3.54. The van der Waals surface area contributed by atoms with Crippen LogP contribution in [-0.2, 0) is 23.9 Å². The van der Waals surface area contributed by atoms with Crippen LogP contribution in [0.1, 0.15) is 113 Å². The summed E-state index contributed by atoms with van der Waals surface area (Å²) >= 11 is 0. The van der Waals surface area contributed by atoms with E-state index in [9.17, 15) is 19.2 Å². The van der Waals surface area contributed by atoms with Crippen molar-refractivity contribution in [2.75, 3.05) is 6.61 Å². The van der Waals surface area contributed by atoms with Crippen LogP contribution in [-0.4, -0.2) is 29.9 Å². The van der Waals surface area contributed by atoms with Crippen molar-refractivity contribution in [3.63, 3.8) is 0 Å². The Hall–Kier alpha value is -1.78. The minimum absolute atomic E-state index is 0.00373. The molecule has 5 heteroatoms. The van der Waals surface area contributed by atoms with E-state index in [0.717, 1.165) is 44.9 Å². The predicted octanol–water partition coefficient (Wildman–Crippen LogP) is 6.67. The standard InChI is InChI=1S/C33H48O5/c1-20(34)38-19-26(37)30(5)14-13-29(4)15-16-32(7)21(22(29)18-30)17-23(35)27-31(6)11-10-25(36)28(2,3)24(31)9-12-33(27,32)8/h17,22,24,27H,9-16,18-19H2,1-8H3/t22-,24-,27-,29-,30-,31-,32+,33-/m0/s1. The van der Waals surface area contributed by atoms with Gasteiger partial charge < -0.3 is 4.74 Å². The van der Waals surface area contributed by atoms with E-state index in [0.29, 0.717) is 18.6 Å². The first-order chi connectivity index (χ1) is 17.4. The fraction of sp³-hybridized carbons (Fsp3) is 0.818. The van der Waals surface area contributed by atoms with E-state index in [-0.39, 0.29) is 57.6 Å². The lowest BCUT2D eigenvalue weighted by Crippen LogP contribution is -2.66. The molecule has 0 aromatic rings. The number of carbonyl (C=O) groups excluding carboxylic acids is 4. The van der Waals surface area contributed by atoms with E-state index in [1.54, 1.807) is 0 Å². The van der Waals surface area contributed by atoms with Crippen molar-refractivity contribution < 1.29 is 23.9 Å². The Balaban J connectivity index is 1.55. The Morgan fingerprint density at radius 1 is 0.921 bits per heavy atom. The fourth-order valence-electron chi connectivity index (χ4n) is 10.6. The molecule has 0 heterocycles. The molecule has 0 aromatic carbocycles. The Bertz CT molecular complexity index is 1130. The highest BCUT2D eigenvalue weighted by atomic mass is 16.5. The van der Waals surface area contributed by atoms with Crippen LogP contribution < -0.4 is 0 Å². The predicted molar refractivity (Wildman–Crippen MR) is 146 cm³/mol. The molecule has 0 spiro atoms. The first kappa shape index (κ1) is 27.8. The van der Waals surface area contributed by atoms with Crippen LogP contribution >= 0.6 is 0 Å². The van der Waals surface area contributed by atoms with Gasteiger partial charge in [-0.2, -0.15) is 0 Å². The summed E-state index contributed by atoms with van der Waals surface area (Å²) in [5.74, 6) is 0.475.